The summed E-state index contributed by atoms with van der Waals surface area (Å²) in [4.78, 5) is 18.4. The van der Waals surface area contributed by atoms with Crippen molar-refractivity contribution in [2.24, 2.45) is 0 Å². The molecule has 110 valence electrons. The normalized spacial score (nSPS) is 18.8. The van der Waals surface area contributed by atoms with E-state index in [9.17, 15) is 9.18 Å². The molecule has 0 saturated carbocycles. The number of likely N-dealkylation sites (tertiary alicyclic amines) is 1. The van der Waals surface area contributed by atoms with Gasteiger partial charge in [-0.3, -0.25) is 9.89 Å². The summed E-state index contributed by atoms with van der Waals surface area (Å²) in [7, 11) is 0. The summed E-state index contributed by atoms with van der Waals surface area (Å²) >= 11 is 5.87. The average molecular weight is 309 g/mol. The van der Waals surface area contributed by atoms with Crippen LogP contribution >= 0.6 is 11.6 Å². The third kappa shape index (κ3) is 2.76. The van der Waals surface area contributed by atoms with Crippen LogP contribution in [0.1, 0.15) is 41.5 Å². The van der Waals surface area contributed by atoms with E-state index < -0.39 is 5.82 Å². The lowest BCUT2D eigenvalue weighted by molar-refractivity contribution is 0.0595. The largest absolute Gasteiger partial charge is 0.328 e. The number of benzene rings is 1. The Hall–Kier alpha value is -1.95. The Morgan fingerprint density at radius 1 is 1.43 bits per heavy atom. The van der Waals surface area contributed by atoms with Gasteiger partial charge in [0.25, 0.3) is 5.91 Å². The standard InChI is InChI=1S/C14H14ClFN4O/c15-9-4-5-11(16)10(7-9)14(21)20-6-2-1-3-12(20)13-17-8-18-19-13/h4-5,7-8,12H,1-3,6H2,(H,17,18,19)/t12-/m0/s1. The van der Waals surface area contributed by atoms with Gasteiger partial charge in [0.15, 0.2) is 0 Å². The second-order valence-electron chi connectivity index (χ2n) is 5.01. The molecule has 1 aromatic heterocycles. The number of carbonyl (C=O) groups is 1. The van der Waals surface area contributed by atoms with Crippen LogP contribution in [0.5, 0.6) is 0 Å². The molecule has 2 aromatic rings. The summed E-state index contributed by atoms with van der Waals surface area (Å²) in [5.74, 6) is -0.298. The molecule has 0 bridgehead atoms. The first kappa shape index (κ1) is 14.0. The Morgan fingerprint density at radius 2 is 2.29 bits per heavy atom. The number of hydrogen-bond acceptors (Lipinski definition) is 3. The number of aromatic amines is 1. The number of hydrogen-bond donors (Lipinski definition) is 1. The highest BCUT2D eigenvalue weighted by molar-refractivity contribution is 6.31. The maximum absolute atomic E-state index is 13.9. The van der Waals surface area contributed by atoms with E-state index in [2.05, 4.69) is 15.2 Å². The Bertz CT molecular complexity index is 646. The SMILES string of the molecule is O=C(c1cc(Cl)ccc1F)N1CCCC[C@H]1c1ncn[nH]1. The van der Waals surface area contributed by atoms with Crippen molar-refractivity contribution in [3.05, 3.63) is 46.8 Å². The monoisotopic (exact) mass is 308 g/mol. The van der Waals surface area contributed by atoms with E-state index >= 15 is 0 Å². The van der Waals surface area contributed by atoms with E-state index in [1.54, 1.807) is 4.90 Å². The maximum Gasteiger partial charge on any atom is 0.257 e. The average Bonchev–Trinajstić information content (AvgIpc) is 3.03. The third-order valence-corrected chi connectivity index (χ3v) is 3.91. The molecule has 1 fully saturated rings. The first-order valence-electron chi connectivity index (χ1n) is 6.78. The Balaban J connectivity index is 1.93. The van der Waals surface area contributed by atoms with E-state index in [0.717, 1.165) is 19.3 Å². The molecule has 1 saturated heterocycles. The van der Waals surface area contributed by atoms with Crippen molar-refractivity contribution in [2.75, 3.05) is 6.54 Å². The van der Waals surface area contributed by atoms with Gasteiger partial charge in [0.2, 0.25) is 0 Å². The molecule has 7 heteroatoms. The van der Waals surface area contributed by atoms with Crippen LogP contribution in [-0.2, 0) is 0 Å². The molecule has 1 aromatic carbocycles. The highest BCUT2D eigenvalue weighted by atomic mass is 35.5. The van der Waals surface area contributed by atoms with Gasteiger partial charge in [-0.05, 0) is 37.5 Å². The molecule has 1 aliphatic rings. The van der Waals surface area contributed by atoms with Gasteiger partial charge in [-0.15, -0.1) is 0 Å². The molecular weight excluding hydrogens is 295 g/mol. The molecule has 0 spiro atoms. The second-order valence-corrected chi connectivity index (χ2v) is 5.44. The van der Waals surface area contributed by atoms with Crippen LogP contribution < -0.4 is 0 Å². The number of rotatable bonds is 2. The number of nitrogens with one attached hydrogen (secondary N) is 1. The fourth-order valence-electron chi connectivity index (χ4n) is 2.65. The first-order valence-corrected chi connectivity index (χ1v) is 7.16. The van der Waals surface area contributed by atoms with Gasteiger partial charge in [-0.25, -0.2) is 9.37 Å². The minimum absolute atomic E-state index is 0.00563. The number of piperidine rings is 1. The zero-order chi connectivity index (χ0) is 14.8. The first-order chi connectivity index (χ1) is 10.2. The second kappa shape index (κ2) is 5.81. The Morgan fingerprint density at radius 3 is 3.05 bits per heavy atom. The van der Waals surface area contributed by atoms with Crippen LogP contribution in [0.15, 0.2) is 24.5 Å². The summed E-state index contributed by atoms with van der Waals surface area (Å²) < 4.78 is 13.9. The summed E-state index contributed by atoms with van der Waals surface area (Å²) in [5, 5.41) is 6.96. The van der Waals surface area contributed by atoms with Crippen molar-refractivity contribution in [3.8, 4) is 0 Å². The number of aromatic nitrogens is 3. The fraction of sp³-hybridized carbons (Fsp3) is 0.357. The molecule has 0 unspecified atom stereocenters. The zero-order valence-corrected chi connectivity index (χ0v) is 12.0. The smallest absolute Gasteiger partial charge is 0.257 e. The highest BCUT2D eigenvalue weighted by Gasteiger charge is 2.31. The van der Waals surface area contributed by atoms with Gasteiger partial charge in [-0.2, -0.15) is 5.10 Å². The topological polar surface area (TPSA) is 61.9 Å². The van der Waals surface area contributed by atoms with Gasteiger partial charge in [0.05, 0.1) is 11.6 Å². The summed E-state index contributed by atoms with van der Waals surface area (Å²) in [6.45, 7) is 0.566. The quantitative estimate of drug-likeness (QED) is 0.927. The lowest BCUT2D eigenvalue weighted by Gasteiger charge is -2.34. The van der Waals surface area contributed by atoms with Crippen LogP contribution in [0.2, 0.25) is 5.02 Å². The molecule has 0 aliphatic carbocycles. The molecule has 1 amide bonds. The number of amides is 1. The molecular formula is C14H14ClFN4O. The van der Waals surface area contributed by atoms with Crippen LogP contribution in [-0.4, -0.2) is 32.5 Å². The van der Waals surface area contributed by atoms with Crippen LogP contribution in [0, 0.1) is 5.82 Å². The molecule has 1 N–H and O–H groups in total. The molecule has 2 heterocycles. The van der Waals surface area contributed by atoms with Gasteiger partial charge < -0.3 is 4.90 Å². The lowest BCUT2D eigenvalue weighted by atomic mass is 10.00. The van der Waals surface area contributed by atoms with Crippen molar-refractivity contribution in [1.82, 2.24) is 20.1 Å². The predicted octanol–water partition coefficient (Wildman–Crippen LogP) is 2.96. The van der Waals surface area contributed by atoms with Crippen molar-refractivity contribution < 1.29 is 9.18 Å². The predicted molar refractivity (Wildman–Crippen MR) is 75.4 cm³/mol. The van der Waals surface area contributed by atoms with Gasteiger partial charge in [0, 0.05) is 11.6 Å². The number of nitrogens with zero attached hydrogens (tertiary/aromatic N) is 3. The Kier molecular flexibility index (Phi) is 3.88. The van der Waals surface area contributed by atoms with Crippen molar-refractivity contribution in [1.29, 1.82) is 0 Å². The summed E-state index contributed by atoms with van der Waals surface area (Å²) in [5.41, 5.74) is -0.00563. The lowest BCUT2D eigenvalue weighted by Crippen LogP contribution is -2.39. The van der Waals surface area contributed by atoms with E-state index in [4.69, 9.17) is 11.6 Å². The van der Waals surface area contributed by atoms with E-state index in [1.807, 2.05) is 0 Å². The van der Waals surface area contributed by atoms with E-state index in [0.29, 0.717) is 17.4 Å². The van der Waals surface area contributed by atoms with Gasteiger partial charge >= 0.3 is 0 Å². The van der Waals surface area contributed by atoms with Crippen molar-refractivity contribution in [3.63, 3.8) is 0 Å². The van der Waals surface area contributed by atoms with E-state index in [-0.39, 0.29) is 17.5 Å². The van der Waals surface area contributed by atoms with E-state index in [1.165, 1.54) is 24.5 Å². The Labute approximate surface area is 126 Å². The maximum atomic E-state index is 13.9. The van der Waals surface area contributed by atoms with Gasteiger partial charge in [0.1, 0.15) is 18.0 Å². The molecule has 1 atom stereocenters. The van der Waals surface area contributed by atoms with Crippen LogP contribution in [0.25, 0.3) is 0 Å². The molecule has 3 rings (SSSR count). The number of H-pyrrole nitrogens is 1. The highest BCUT2D eigenvalue weighted by Crippen LogP contribution is 2.30. The molecule has 21 heavy (non-hydrogen) atoms. The zero-order valence-electron chi connectivity index (χ0n) is 11.2. The summed E-state index contributed by atoms with van der Waals surface area (Å²) in [6.07, 6.45) is 4.07. The fourth-order valence-corrected chi connectivity index (χ4v) is 2.82. The number of carbonyl (C=O) groups excluding carboxylic acids is 1. The van der Waals surface area contributed by atoms with Crippen LogP contribution in [0.3, 0.4) is 0 Å². The van der Waals surface area contributed by atoms with Crippen molar-refractivity contribution >= 4 is 17.5 Å². The van der Waals surface area contributed by atoms with Crippen molar-refractivity contribution in [2.45, 2.75) is 25.3 Å². The minimum Gasteiger partial charge on any atom is -0.328 e. The molecule has 1 aliphatic heterocycles. The molecule has 0 radical (unpaired) electrons. The van der Waals surface area contributed by atoms with Gasteiger partial charge in [-0.1, -0.05) is 11.6 Å². The number of halogens is 2. The summed E-state index contributed by atoms with van der Waals surface area (Å²) in [6, 6.07) is 3.80. The third-order valence-electron chi connectivity index (χ3n) is 3.67. The molecule has 5 nitrogen and oxygen atoms in total. The van der Waals surface area contributed by atoms with Crippen LogP contribution in [0.4, 0.5) is 4.39 Å². The minimum atomic E-state index is -0.564.